The number of hydrogen-bond donors (Lipinski definition) is 2. The quantitative estimate of drug-likeness (QED) is 0.0797. The molecule has 10 atom stereocenters. The van der Waals surface area contributed by atoms with Gasteiger partial charge >= 0.3 is 13.4 Å². The first kappa shape index (κ1) is 45.9. The second-order valence-electron chi connectivity index (χ2n) is 16.7. The molecule has 0 saturated carbocycles. The predicted molar refractivity (Wildman–Crippen MR) is 238 cm³/mol. The Bertz CT molecular complexity index is 2690. The van der Waals surface area contributed by atoms with Crippen LogP contribution in [-0.2, 0) is 60.1 Å². The van der Waals surface area contributed by atoms with E-state index in [1.165, 1.54) is 41.7 Å². The molecule has 1 aromatic carbocycles. The van der Waals surface area contributed by atoms with Crippen molar-refractivity contribution in [3.05, 3.63) is 95.0 Å². The molecule has 3 saturated heterocycles. The van der Waals surface area contributed by atoms with E-state index in [1.54, 1.807) is 33.4 Å². The molecule has 1 amide bonds. The third-order valence-corrected chi connectivity index (χ3v) is 20.0. The number of nitrogens with zero attached hydrogens (tertiary/aromatic N) is 8. The normalized spacial score (nSPS) is 30.6. The van der Waals surface area contributed by atoms with Crippen molar-refractivity contribution in [2.75, 3.05) is 31.7 Å². The fourth-order valence-electron chi connectivity index (χ4n) is 7.26. The maximum absolute atomic E-state index is 13.2. The molecule has 0 spiro atoms. The van der Waals surface area contributed by atoms with Crippen LogP contribution >= 0.6 is 13.4 Å². The Kier molecular flexibility index (Phi) is 13.1. The lowest BCUT2D eigenvalue weighted by Crippen LogP contribution is -2.49. The number of aromatic nitrogens is 7. The van der Waals surface area contributed by atoms with Crippen LogP contribution in [0.4, 0.5) is 5.82 Å². The molecule has 25 heteroatoms. The van der Waals surface area contributed by atoms with Gasteiger partial charge in [-0.2, -0.15) is 0 Å². The average Bonchev–Trinajstić information content (AvgIpc) is 4.03. The lowest BCUT2D eigenvalue weighted by molar-refractivity contribution is -0.0614. The molecule has 2 N–H and O–H groups in total. The summed E-state index contributed by atoms with van der Waals surface area (Å²) in [6, 6.07) is 10.1. The standard InChI is InChI=1S/C38H47N9O11P2S2Si/c1-23-25-19-53-60(62,51-18-15-39-5)57-30-26(20-52-59(50,61)56-29(23)35(54-25)46-16-13-27(48)45-17-14-40-37(45)46)55-36(31(30)58-63(6,7)38(2,3)4)47-22-43-28-32(41-21-42-33(28)47)44-34(49)24-11-9-8-10-12-24/h8-14,16-17,21-23,25-26,29-31,35-36H,15,18-20H2,1-4,6-7H3,(H,50,61)(H,41,42,44,49)/t23-,25-,26-,29-,30-,31-,35-,36-,59?,60?/m1/s1. The maximum atomic E-state index is 13.2. The second kappa shape index (κ2) is 17.9. The van der Waals surface area contributed by atoms with Gasteiger partial charge < -0.3 is 47.0 Å². The Balaban J connectivity index is 1.18. The third-order valence-electron chi connectivity index (χ3n) is 11.6. The van der Waals surface area contributed by atoms with E-state index in [0.29, 0.717) is 11.2 Å². The highest BCUT2D eigenvalue weighted by Gasteiger charge is 2.55. The Morgan fingerprint density at radius 1 is 1.00 bits per heavy atom. The summed E-state index contributed by atoms with van der Waals surface area (Å²) in [4.78, 5) is 59.0. The van der Waals surface area contributed by atoms with Crippen molar-refractivity contribution in [3.8, 4) is 0 Å². The van der Waals surface area contributed by atoms with Gasteiger partial charge in [-0.05, 0) is 53.9 Å². The topological polar surface area (TPSA) is 210 Å². The summed E-state index contributed by atoms with van der Waals surface area (Å²) in [5, 5.41) is 2.53. The van der Waals surface area contributed by atoms with Gasteiger partial charge in [0.05, 0.1) is 25.6 Å². The molecule has 3 aliphatic heterocycles. The molecule has 2 bridgehead atoms. The van der Waals surface area contributed by atoms with E-state index in [2.05, 4.69) is 64.0 Å². The average molecular weight is 960 g/mol. The SMILES string of the molecule is [C-]#[N+]CCOP1(=S)OC[C@H]2O[C@@H](n3ccc(=O)n4ccnc34)[C@H](OP(O)(=S)OC[C@H]3O[C@@H](n4cnc5c(NC(=O)c6ccccc6)ncnc54)[C@H](O[Si](C)(C)C(C)(C)C)[C@@H]3O1)[C@@H]2C. The fraction of sp³-hybridized carbons (Fsp3) is 0.500. The monoisotopic (exact) mass is 959 g/mol. The van der Waals surface area contributed by atoms with Crippen LogP contribution in [0.5, 0.6) is 0 Å². The number of nitrogens with one attached hydrogen (secondary N) is 1. The molecule has 2 unspecified atom stereocenters. The first-order valence-electron chi connectivity index (χ1n) is 20.0. The number of hydrogen-bond acceptors (Lipinski definition) is 16. The minimum absolute atomic E-state index is 0.0241. The van der Waals surface area contributed by atoms with E-state index < -0.39 is 70.6 Å². The zero-order valence-corrected chi connectivity index (χ0v) is 39.5. The van der Waals surface area contributed by atoms with Gasteiger partial charge in [-0.15, -0.1) is 0 Å². The number of benzene rings is 1. The molecule has 0 radical (unpaired) electrons. The first-order valence-corrected chi connectivity index (χ1v) is 28.1. The number of anilines is 1. The minimum Gasteiger partial charge on any atom is -0.407 e. The molecule has 4 aromatic heterocycles. The Hall–Kier alpha value is -3.69. The third kappa shape index (κ3) is 9.39. The number of carbonyl (C=O) groups is 1. The molecule has 0 aliphatic carbocycles. The molecule has 63 heavy (non-hydrogen) atoms. The van der Waals surface area contributed by atoms with Crippen molar-refractivity contribution in [2.45, 2.75) is 88.8 Å². The number of carbonyl (C=O) groups excluding carboxylic acids is 1. The zero-order valence-electron chi connectivity index (χ0n) is 35.1. The predicted octanol–water partition coefficient (Wildman–Crippen LogP) is 5.60. The molecular weight excluding hydrogens is 913 g/mol. The molecule has 5 aromatic rings. The smallest absolute Gasteiger partial charge is 0.327 e. The fourth-order valence-corrected chi connectivity index (χ4v) is 12.1. The van der Waals surface area contributed by atoms with Crippen LogP contribution in [0.1, 0.15) is 50.5 Å². The number of amides is 1. The van der Waals surface area contributed by atoms with Crippen LogP contribution in [0.15, 0.2) is 72.4 Å². The van der Waals surface area contributed by atoms with Crippen LogP contribution < -0.4 is 10.9 Å². The number of ether oxygens (including phenoxy) is 2. The van der Waals surface area contributed by atoms with Gasteiger partial charge in [0.25, 0.3) is 11.5 Å². The van der Waals surface area contributed by atoms with Crippen LogP contribution in [0, 0.1) is 12.5 Å². The van der Waals surface area contributed by atoms with Crippen molar-refractivity contribution >= 4 is 74.0 Å². The van der Waals surface area contributed by atoms with Crippen molar-refractivity contribution in [1.29, 1.82) is 0 Å². The molecular formula is C38H47N9O11P2S2Si. The van der Waals surface area contributed by atoms with Gasteiger partial charge in [-0.3, -0.25) is 27.6 Å². The summed E-state index contributed by atoms with van der Waals surface area (Å²) < 4.78 is 57.1. The molecule has 3 fully saturated rings. The summed E-state index contributed by atoms with van der Waals surface area (Å²) in [6.45, 7) is 11.1. The van der Waals surface area contributed by atoms with Crippen LogP contribution in [0.3, 0.4) is 0 Å². The van der Waals surface area contributed by atoms with E-state index in [-0.39, 0.29) is 60.0 Å². The summed E-state index contributed by atoms with van der Waals surface area (Å²) >= 11 is 11.8. The van der Waals surface area contributed by atoms with Gasteiger partial charge in [0.2, 0.25) is 12.3 Å². The Morgan fingerprint density at radius 2 is 1.75 bits per heavy atom. The van der Waals surface area contributed by atoms with Crippen molar-refractivity contribution in [3.63, 3.8) is 0 Å². The largest absolute Gasteiger partial charge is 0.407 e. The summed E-state index contributed by atoms with van der Waals surface area (Å²) in [7, 11) is -2.70. The molecule has 20 nitrogen and oxygen atoms in total. The molecule has 8 rings (SSSR count). The van der Waals surface area contributed by atoms with Gasteiger partial charge in [0.1, 0.15) is 37.4 Å². The summed E-state index contributed by atoms with van der Waals surface area (Å²) in [5.74, 6) is -0.448. The van der Waals surface area contributed by atoms with Crippen molar-refractivity contribution < 1.29 is 46.2 Å². The minimum atomic E-state index is -4.12. The number of fused-ring (bicyclic) bond motifs is 5. The second-order valence-corrected chi connectivity index (χ2v) is 27.2. The van der Waals surface area contributed by atoms with E-state index in [4.69, 9.17) is 66.7 Å². The highest BCUT2D eigenvalue weighted by molar-refractivity contribution is 8.07. The molecule has 336 valence electrons. The zero-order chi connectivity index (χ0) is 44.9. The van der Waals surface area contributed by atoms with Gasteiger partial charge in [0.15, 0.2) is 37.8 Å². The Morgan fingerprint density at radius 3 is 2.49 bits per heavy atom. The first-order chi connectivity index (χ1) is 29.9. The van der Waals surface area contributed by atoms with Crippen molar-refractivity contribution in [2.24, 2.45) is 5.92 Å². The highest BCUT2D eigenvalue weighted by atomic mass is 32.5. The van der Waals surface area contributed by atoms with E-state index in [9.17, 15) is 14.5 Å². The molecule has 7 heterocycles. The molecule has 3 aliphatic rings. The van der Waals surface area contributed by atoms with Crippen LogP contribution in [0.25, 0.3) is 21.8 Å². The van der Waals surface area contributed by atoms with E-state index in [0.717, 1.165) is 0 Å². The van der Waals surface area contributed by atoms with Crippen molar-refractivity contribution in [1.82, 2.24) is 33.5 Å². The van der Waals surface area contributed by atoms with Gasteiger partial charge in [0, 0.05) is 36.1 Å². The maximum Gasteiger partial charge on any atom is 0.327 e. The number of imidazole rings is 2. The Labute approximate surface area is 373 Å². The highest BCUT2D eigenvalue weighted by Crippen LogP contribution is 2.58. The van der Waals surface area contributed by atoms with E-state index >= 15 is 0 Å². The summed E-state index contributed by atoms with van der Waals surface area (Å²) in [6.07, 6.45) is 0.596. The van der Waals surface area contributed by atoms with Gasteiger partial charge in [-0.25, -0.2) is 26.5 Å². The van der Waals surface area contributed by atoms with Crippen LogP contribution in [-0.4, -0.2) is 109 Å². The van der Waals surface area contributed by atoms with E-state index in [1.807, 2.05) is 13.0 Å². The summed E-state index contributed by atoms with van der Waals surface area (Å²) in [5.41, 5.74) is 0.704. The lowest BCUT2D eigenvalue weighted by atomic mass is 10.0. The van der Waals surface area contributed by atoms with Gasteiger partial charge in [-0.1, -0.05) is 45.9 Å². The number of rotatable bonds is 9. The van der Waals surface area contributed by atoms with Crippen LogP contribution in [0.2, 0.25) is 18.1 Å². The lowest BCUT2D eigenvalue weighted by Gasteiger charge is -2.41.